The zero-order valence-corrected chi connectivity index (χ0v) is 11.4. The van der Waals surface area contributed by atoms with Gasteiger partial charge in [0.25, 0.3) is 0 Å². The lowest BCUT2D eigenvalue weighted by Crippen LogP contribution is -2.06. The van der Waals surface area contributed by atoms with E-state index in [-0.39, 0.29) is 6.04 Å². The highest BCUT2D eigenvalue weighted by Gasteiger charge is 2.05. The van der Waals surface area contributed by atoms with Gasteiger partial charge in [0.05, 0.1) is 18.2 Å². The predicted molar refractivity (Wildman–Crippen MR) is 82.5 cm³/mol. The summed E-state index contributed by atoms with van der Waals surface area (Å²) >= 11 is 0. The fraction of sp³-hybridized carbons (Fsp3) is 0.118. The lowest BCUT2D eigenvalue weighted by Gasteiger charge is -2.15. The van der Waals surface area contributed by atoms with E-state index >= 15 is 0 Å². The number of hydrogen-bond donors (Lipinski definition) is 2. The molecule has 0 fully saturated rings. The summed E-state index contributed by atoms with van der Waals surface area (Å²) in [5.41, 5.74) is 4.57. The molecule has 3 heteroatoms. The Morgan fingerprint density at radius 3 is 2.40 bits per heavy atom. The number of anilines is 1. The van der Waals surface area contributed by atoms with Crippen LogP contribution in [-0.2, 0) is 0 Å². The van der Waals surface area contributed by atoms with Crippen LogP contribution >= 0.6 is 0 Å². The number of H-pyrrole nitrogens is 1. The van der Waals surface area contributed by atoms with Gasteiger partial charge < -0.3 is 10.3 Å². The van der Waals surface area contributed by atoms with Crippen molar-refractivity contribution in [2.75, 3.05) is 5.32 Å². The molecule has 2 aromatic carbocycles. The molecule has 0 aliphatic carbocycles. The number of nitrogens with one attached hydrogen (secondary N) is 2. The van der Waals surface area contributed by atoms with Gasteiger partial charge in [-0.05, 0) is 30.2 Å². The van der Waals surface area contributed by atoms with Gasteiger partial charge in [-0.1, -0.05) is 42.5 Å². The van der Waals surface area contributed by atoms with Crippen molar-refractivity contribution >= 4 is 5.69 Å². The van der Waals surface area contributed by atoms with Crippen molar-refractivity contribution in [1.29, 1.82) is 0 Å². The van der Waals surface area contributed by atoms with Crippen molar-refractivity contribution < 1.29 is 0 Å². The van der Waals surface area contributed by atoms with E-state index in [9.17, 15) is 0 Å². The Labute approximate surface area is 118 Å². The van der Waals surface area contributed by atoms with E-state index < -0.39 is 0 Å². The fourth-order valence-electron chi connectivity index (χ4n) is 2.23. The maximum Gasteiger partial charge on any atom is 0.0924 e. The van der Waals surface area contributed by atoms with E-state index in [1.165, 1.54) is 5.56 Å². The minimum absolute atomic E-state index is 0.286. The van der Waals surface area contributed by atoms with Crippen LogP contribution in [0.25, 0.3) is 11.3 Å². The van der Waals surface area contributed by atoms with E-state index in [1.807, 2.05) is 12.3 Å². The van der Waals surface area contributed by atoms with E-state index in [2.05, 4.69) is 70.7 Å². The minimum atomic E-state index is 0.286. The Hall–Kier alpha value is -2.55. The van der Waals surface area contributed by atoms with E-state index in [1.54, 1.807) is 6.33 Å². The molecule has 20 heavy (non-hydrogen) atoms. The van der Waals surface area contributed by atoms with E-state index in [4.69, 9.17) is 0 Å². The van der Waals surface area contributed by atoms with Crippen LogP contribution in [0.3, 0.4) is 0 Å². The van der Waals surface area contributed by atoms with Gasteiger partial charge >= 0.3 is 0 Å². The molecule has 0 aliphatic heterocycles. The van der Waals surface area contributed by atoms with Crippen LogP contribution in [0.1, 0.15) is 18.5 Å². The lowest BCUT2D eigenvalue weighted by atomic mass is 10.1. The highest BCUT2D eigenvalue weighted by molar-refractivity contribution is 5.62. The molecule has 100 valence electrons. The van der Waals surface area contributed by atoms with Gasteiger partial charge in [-0.15, -0.1) is 0 Å². The molecule has 0 amide bonds. The number of imidazole rings is 1. The number of aromatic amines is 1. The van der Waals surface area contributed by atoms with Crippen molar-refractivity contribution in [3.05, 3.63) is 72.7 Å². The minimum Gasteiger partial charge on any atom is -0.379 e. The van der Waals surface area contributed by atoms with Crippen LogP contribution in [-0.4, -0.2) is 9.97 Å². The third-order valence-electron chi connectivity index (χ3n) is 3.38. The third kappa shape index (κ3) is 2.72. The van der Waals surface area contributed by atoms with Crippen LogP contribution in [0.15, 0.2) is 67.1 Å². The summed E-state index contributed by atoms with van der Waals surface area (Å²) in [6.45, 7) is 2.16. The molecule has 3 rings (SSSR count). The first-order valence-corrected chi connectivity index (χ1v) is 6.73. The second-order valence-electron chi connectivity index (χ2n) is 4.82. The zero-order chi connectivity index (χ0) is 13.8. The average molecular weight is 263 g/mol. The quantitative estimate of drug-likeness (QED) is 0.738. The van der Waals surface area contributed by atoms with Crippen LogP contribution in [0, 0.1) is 0 Å². The number of hydrogen-bond acceptors (Lipinski definition) is 2. The normalized spacial score (nSPS) is 12.1. The predicted octanol–water partition coefficient (Wildman–Crippen LogP) is 4.25. The molecular weight excluding hydrogens is 246 g/mol. The topological polar surface area (TPSA) is 40.7 Å². The molecule has 0 saturated heterocycles. The second-order valence-corrected chi connectivity index (χ2v) is 4.82. The Bertz CT molecular complexity index is 642. The standard InChI is InChI=1S/C17H17N3/c1-13(14-5-3-2-4-6-14)20-16-9-7-15(8-10-16)17-11-18-12-19-17/h2-13,20H,1H3,(H,18,19). The SMILES string of the molecule is CC(Nc1ccc(-c2cnc[nH]2)cc1)c1ccccc1. The largest absolute Gasteiger partial charge is 0.379 e. The Balaban J connectivity index is 1.72. The van der Waals surface area contributed by atoms with E-state index in [0.29, 0.717) is 0 Å². The van der Waals surface area contributed by atoms with E-state index in [0.717, 1.165) is 16.9 Å². The van der Waals surface area contributed by atoms with Crippen molar-refractivity contribution in [3.8, 4) is 11.3 Å². The Kier molecular flexibility index (Phi) is 3.50. The summed E-state index contributed by atoms with van der Waals surface area (Å²) in [5, 5.41) is 3.50. The van der Waals surface area contributed by atoms with Gasteiger partial charge in [0, 0.05) is 11.7 Å². The van der Waals surface area contributed by atoms with Crippen LogP contribution in [0.5, 0.6) is 0 Å². The monoisotopic (exact) mass is 263 g/mol. The summed E-state index contributed by atoms with van der Waals surface area (Å²) in [6.07, 6.45) is 3.52. The van der Waals surface area contributed by atoms with Gasteiger partial charge in [0.2, 0.25) is 0 Å². The number of rotatable bonds is 4. The molecule has 2 N–H and O–H groups in total. The maximum absolute atomic E-state index is 4.04. The summed E-state index contributed by atoms with van der Waals surface area (Å²) in [6, 6.07) is 19.1. The average Bonchev–Trinajstić information content (AvgIpc) is 3.03. The molecule has 0 spiro atoms. The summed E-state index contributed by atoms with van der Waals surface area (Å²) in [7, 11) is 0. The first kappa shape index (κ1) is 12.5. The summed E-state index contributed by atoms with van der Waals surface area (Å²) in [5.74, 6) is 0. The Morgan fingerprint density at radius 1 is 1.00 bits per heavy atom. The summed E-state index contributed by atoms with van der Waals surface area (Å²) < 4.78 is 0. The molecule has 0 saturated carbocycles. The number of nitrogens with zero attached hydrogens (tertiary/aromatic N) is 1. The van der Waals surface area contributed by atoms with Crippen molar-refractivity contribution in [1.82, 2.24) is 9.97 Å². The molecule has 0 aliphatic rings. The maximum atomic E-state index is 4.04. The van der Waals surface area contributed by atoms with Gasteiger partial charge in [-0.3, -0.25) is 0 Å². The molecule has 1 atom stereocenters. The van der Waals surface area contributed by atoms with Crippen molar-refractivity contribution in [2.24, 2.45) is 0 Å². The molecule has 1 aromatic heterocycles. The highest BCUT2D eigenvalue weighted by Crippen LogP contribution is 2.22. The smallest absolute Gasteiger partial charge is 0.0924 e. The van der Waals surface area contributed by atoms with Gasteiger partial charge in [0.1, 0.15) is 0 Å². The van der Waals surface area contributed by atoms with Crippen molar-refractivity contribution in [2.45, 2.75) is 13.0 Å². The lowest BCUT2D eigenvalue weighted by molar-refractivity contribution is 0.885. The number of aromatic nitrogens is 2. The molecule has 1 unspecified atom stereocenters. The van der Waals surface area contributed by atoms with Crippen LogP contribution in [0.4, 0.5) is 5.69 Å². The molecular formula is C17H17N3. The fourth-order valence-corrected chi connectivity index (χ4v) is 2.23. The van der Waals surface area contributed by atoms with Crippen LogP contribution < -0.4 is 5.32 Å². The van der Waals surface area contributed by atoms with Crippen LogP contribution in [0.2, 0.25) is 0 Å². The third-order valence-corrected chi connectivity index (χ3v) is 3.38. The van der Waals surface area contributed by atoms with Gasteiger partial charge in [0.15, 0.2) is 0 Å². The molecule has 0 bridgehead atoms. The zero-order valence-electron chi connectivity index (χ0n) is 11.4. The number of benzene rings is 2. The molecule has 3 nitrogen and oxygen atoms in total. The van der Waals surface area contributed by atoms with Crippen molar-refractivity contribution in [3.63, 3.8) is 0 Å². The van der Waals surface area contributed by atoms with Gasteiger partial charge in [-0.25, -0.2) is 4.98 Å². The first-order chi connectivity index (χ1) is 9.83. The Morgan fingerprint density at radius 2 is 1.75 bits per heavy atom. The first-order valence-electron chi connectivity index (χ1n) is 6.73. The molecule has 0 radical (unpaired) electrons. The molecule has 1 heterocycles. The highest BCUT2D eigenvalue weighted by atomic mass is 14.9. The second kappa shape index (κ2) is 5.61. The molecule has 3 aromatic rings. The van der Waals surface area contributed by atoms with Gasteiger partial charge in [-0.2, -0.15) is 0 Å². The summed E-state index contributed by atoms with van der Waals surface area (Å²) in [4.78, 5) is 7.15.